The standard InChI is InChI=1S/C13H9N3O4S/c1-20-11-3-2-8(6-10(11)16(18)19)12(17)15-13-9(7-14)4-5-21-13/h2-6H,1H3,(H,15,17). The van der Waals surface area contributed by atoms with E-state index in [0.717, 1.165) is 6.07 Å². The predicted octanol–water partition coefficient (Wildman–Crippen LogP) is 2.79. The van der Waals surface area contributed by atoms with Crippen LogP contribution in [0.4, 0.5) is 10.7 Å². The van der Waals surface area contributed by atoms with E-state index in [0.29, 0.717) is 10.6 Å². The first-order valence-corrected chi connectivity index (χ1v) is 6.56. The topological polar surface area (TPSA) is 105 Å². The summed E-state index contributed by atoms with van der Waals surface area (Å²) in [7, 11) is 1.31. The van der Waals surface area contributed by atoms with Crippen molar-refractivity contribution in [2.75, 3.05) is 12.4 Å². The number of nitriles is 1. The van der Waals surface area contributed by atoms with Crippen LogP contribution in [0.15, 0.2) is 29.6 Å². The number of carbonyl (C=O) groups excluding carboxylic acids is 1. The number of nitro groups is 1. The number of nitrogens with one attached hydrogen (secondary N) is 1. The number of nitro benzene ring substituents is 1. The quantitative estimate of drug-likeness (QED) is 0.690. The lowest BCUT2D eigenvalue weighted by Crippen LogP contribution is -2.12. The van der Waals surface area contributed by atoms with Crippen molar-refractivity contribution in [2.45, 2.75) is 0 Å². The number of hydrogen-bond acceptors (Lipinski definition) is 6. The Labute approximate surface area is 123 Å². The number of thiophene rings is 1. The minimum absolute atomic E-state index is 0.0744. The van der Waals surface area contributed by atoms with Gasteiger partial charge in [-0.05, 0) is 23.6 Å². The third kappa shape index (κ3) is 2.98. The smallest absolute Gasteiger partial charge is 0.311 e. The molecule has 0 spiro atoms. The maximum absolute atomic E-state index is 12.1. The highest BCUT2D eigenvalue weighted by atomic mass is 32.1. The van der Waals surface area contributed by atoms with Crippen molar-refractivity contribution in [3.63, 3.8) is 0 Å². The zero-order valence-corrected chi connectivity index (χ0v) is 11.6. The van der Waals surface area contributed by atoms with Gasteiger partial charge in [-0.3, -0.25) is 14.9 Å². The second kappa shape index (κ2) is 6.02. The Hall–Kier alpha value is -2.92. The number of rotatable bonds is 4. The molecule has 1 N–H and O–H groups in total. The van der Waals surface area contributed by atoms with Crippen molar-refractivity contribution in [1.29, 1.82) is 5.26 Å². The molecule has 0 saturated carbocycles. The molecule has 7 nitrogen and oxygen atoms in total. The summed E-state index contributed by atoms with van der Waals surface area (Å²) < 4.78 is 4.87. The Balaban J connectivity index is 2.30. The van der Waals surface area contributed by atoms with Crippen molar-refractivity contribution < 1.29 is 14.5 Å². The summed E-state index contributed by atoms with van der Waals surface area (Å²) in [5, 5.41) is 24.4. The van der Waals surface area contributed by atoms with Gasteiger partial charge in [0, 0.05) is 11.6 Å². The van der Waals surface area contributed by atoms with Crippen LogP contribution in [0.2, 0.25) is 0 Å². The fraction of sp³-hybridized carbons (Fsp3) is 0.0769. The molecule has 2 rings (SSSR count). The number of hydrogen-bond donors (Lipinski definition) is 1. The molecule has 21 heavy (non-hydrogen) atoms. The molecule has 1 heterocycles. The fourth-order valence-corrected chi connectivity index (χ4v) is 2.38. The predicted molar refractivity (Wildman–Crippen MR) is 76.6 cm³/mol. The summed E-state index contributed by atoms with van der Waals surface area (Å²) in [5.41, 5.74) is 0.160. The number of ether oxygens (including phenoxy) is 1. The molecule has 1 aromatic carbocycles. The van der Waals surface area contributed by atoms with Crippen molar-refractivity contribution in [3.05, 3.63) is 50.9 Å². The number of anilines is 1. The van der Waals surface area contributed by atoms with E-state index in [1.165, 1.54) is 30.6 Å². The largest absolute Gasteiger partial charge is 0.490 e. The Morgan fingerprint density at radius 3 is 2.86 bits per heavy atom. The highest BCUT2D eigenvalue weighted by Gasteiger charge is 2.19. The van der Waals surface area contributed by atoms with Crippen LogP contribution < -0.4 is 10.1 Å². The van der Waals surface area contributed by atoms with Crippen molar-refractivity contribution >= 4 is 27.9 Å². The van der Waals surface area contributed by atoms with E-state index >= 15 is 0 Å². The lowest BCUT2D eigenvalue weighted by atomic mass is 10.1. The van der Waals surface area contributed by atoms with Gasteiger partial charge < -0.3 is 10.1 Å². The molecule has 2 aromatic rings. The first kappa shape index (κ1) is 14.5. The van der Waals surface area contributed by atoms with Gasteiger partial charge in [-0.15, -0.1) is 11.3 Å². The van der Waals surface area contributed by atoms with E-state index in [-0.39, 0.29) is 17.0 Å². The van der Waals surface area contributed by atoms with Gasteiger partial charge in [0.15, 0.2) is 5.75 Å². The SMILES string of the molecule is COc1ccc(C(=O)Nc2sccc2C#N)cc1[N+](=O)[O-]. The molecule has 8 heteroatoms. The molecule has 1 amide bonds. The zero-order chi connectivity index (χ0) is 15.4. The molecule has 106 valence electrons. The minimum Gasteiger partial charge on any atom is -0.490 e. The molecular formula is C13H9N3O4S. The summed E-state index contributed by atoms with van der Waals surface area (Å²) in [5.74, 6) is -0.454. The van der Waals surface area contributed by atoms with Gasteiger partial charge in [-0.25, -0.2) is 0 Å². The Bertz CT molecular complexity index is 748. The van der Waals surface area contributed by atoms with Crippen LogP contribution in [0.5, 0.6) is 5.75 Å². The lowest BCUT2D eigenvalue weighted by Gasteiger charge is -2.05. The van der Waals surface area contributed by atoms with Crippen LogP contribution >= 0.6 is 11.3 Å². The maximum atomic E-state index is 12.1. The summed E-state index contributed by atoms with van der Waals surface area (Å²) in [6, 6.07) is 7.43. The highest BCUT2D eigenvalue weighted by Crippen LogP contribution is 2.28. The molecule has 0 aliphatic rings. The summed E-state index contributed by atoms with van der Waals surface area (Å²) in [4.78, 5) is 22.4. The van der Waals surface area contributed by atoms with Crippen LogP contribution in [0.3, 0.4) is 0 Å². The Morgan fingerprint density at radius 2 is 2.24 bits per heavy atom. The molecule has 0 aliphatic heterocycles. The number of amides is 1. The summed E-state index contributed by atoms with van der Waals surface area (Å²) in [6.45, 7) is 0. The molecule has 0 unspecified atom stereocenters. The van der Waals surface area contributed by atoms with Crippen LogP contribution in [-0.2, 0) is 0 Å². The molecule has 1 aromatic heterocycles. The Kier molecular flexibility index (Phi) is 4.15. The minimum atomic E-state index is -0.624. The molecule has 0 saturated heterocycles. The van der Waals surface area contributed by atoms with Gasteiger partial charge >= 0.3 is 5.69 Å². The van der Waals surface area contributed by atoms with E-state index in [1.807, 2.05) is 6.07 Å². The number of nitrogens with zero attached hydrogens (tertiary/aromatic N) is 2. The van der Waals surface area contributed by atoms with Crippen LogP contribution in [0.1, 0.15) is 15.9 Å². The van der Waals surface area contributed by atoms with E-state index < -0.39 is 10.8 Å². The molecule has 0 fully saturated rings. The molecule has 0 bridgehead atoms. The molecular weight excluding hydrogens is 294 g/mol. The van der Waals surface area contributed by atoms with E-state index in [1.54, 1.807) is 11.4 Å². The van der Waals surface area contributed by atoms with Gasteiger partial charge in [0.25, 0.3) is 5.91 Å². The molecule has 0 atom stereocenters. The average molecular weight is 303 g/mol. The number of benzene rings is 1. The van der Waals surface area contributed by atoms with Gasteiger partial charge in [-0.2, -0.15) is 5.26 Å². The average Bonchev–Trinajstić information content (AvgIpc) is 2.93. The van der Waals surface area contributed by atoms with E-state index in [4.69, 9.17) is 10.00 Å². The van der Waals surface area contributed by atoms with Crippen LogP contribution in [0, 0.1) is 21.4 Å². The maximum Gasteiger partial charge on any atom is 0.311 e. The second-order valence-electron chi connectivity index (χ2n) is 3.87. The highest BCUT2D eigenvalue weighted by molar-refractivity contribution is 7.14. The third-order valence-electron chi connectivity index (χ3n) is 2.65. The van der Waals surface area contributed by atoms with Gasteiger partial charge in [-0.1, -0.05) is 0 Å². The second-order valence-corrected chi connectivity index (χ2v) is 4.79. The molecule has 0 aliphatic carbocycles. The summed E-state index contributed by atoms with van der Waals surface area (Å²) >= 11 is 1.20. The van der Waals surface area contributed by atoms with Crippen LogP contribution in [-0.4, -0.2) is 17.9 Å². The van der Waals surface area contributed by atoms with E-state index in [9.17, 15) is 14.9 Å². The fourth-order valence-electron chi connectivity index (χ4n) is 1.64. The Morgan fingerprint density at radius 1 is 1.48 bits per heavy atom. The van der Waals surface area contributed by atoms with Gasteiger partial charge in [0.05, 0.1) is 17.6 Å². The van der Waals surface area contributed by atoms with E-state index in [2.05, 4.69) is 5.32 Å². The number of carbonyl (C=O) groups is 1. The van der Waals surface area contributed by atoms with Crippen molar-refractivity contribution in [1.82, 2.24) is 0 Å². The third-order valence-corrected chi connectivity index (χ3v) is 3.48. The monoisotopic (exact) mass is 303 g/mol. The zero-order valence-electron chi connectivity index (χ0n) is 10.8. The normalized spacial score (nSPS) is 9.71. The lowest BCUT2D eigenvalue weighted by molar-refractivity contribution is -0.385. The van der Waals surface area contributed by atoms with Gasteiger partial charge in [0.2, 0.25) is 0 Å². The van der Waals surface area contributed by atoms with Crippen molar-refractivity contribution in [2.24, 2.45) is 0 Å². The summed E-state index contributed by atoms with van der Waals surface area (Å²) in [6.07, 6.45) is 0. The molecule has 0 radical (unpaired) electrons. The first-order chi connectivity index (χ1) is 10.1. The number of methoxy groups -OCH3 is 1. The van der Waals surface area contributed by atoms with Gasteiger partial charge in [0.1, 0.15) is 11.1 Å². The van der Waals surface area contributed by atoms with Crippen molar-refractivity contribution in [3.8, 4) is 11.8 Å². The first-order valence-electron chi connectivity index (χ1n) is 5.68. The van der Waals surface area contributed by atoms with Crippen LogP contribution in [0.25, 0.3) is 0 Å².